The first kappa shape index (κ1) is 26.5. The van der Waals surface area contributed by atoms with Crippen LogP contribution in [0.2, 0.25) is 0 Å². The molecule has 0 saturated heterocycles. The highest BCUT2D eigenvalue weighted by Crippen LogP contribution is 2.62. The molecule has 4 aromatic carbocycles. The van der Waals surface area contributed by atoms with E-state index < -0.39 is 10.9 Å². The van der Waals surface area contributed by atoms with Gasteiger partial charge in [0.05, 0.1) is 0 Å². The molecule has 0 radical (unpaired) electrons. The lowest BCUT2D eigenvalue weighted by Crippen LogP contribution is -2.38. The fourth-order valence-electron chi connectivity index (χ4n) is 5.88. The molecule has 4 nitrogen and oxygen atoms in total. The van der Waals surface area contributed by atoms with E-state index >= 15 is 0 Å². The van der Waals surface area contributed by atoms with Gasteiger partial charge in [0.1, 0.15) is 23.7 Å². The summed E-state index contributed by atoms with van der Waals surface area (Å²) in [6.45, 7) is 2.49. The van der Waals surface area contributed by atoms with E-state index in [4.69, 9.17) is 14.2 Å². The molecular weight excluding hydrogens is 516 g/mol. The van der Waals surface area contributed by atoms with E-state index in [2.05, 4.69) is 79.7 Å². The molecular formula is C35H36O4S. The van der Waals surface area contributed by atoms with Crippen molar-refractivity contribution in [3.05, 3.63) is 103 Å². The quantitative estimate of drug-likeness (QED) is 0.147. The van der Waals surface area contributed by atoms with Crippen LogP contribution in [0.5, 0.6) is 11.5 Å². The van der Waals surface area contributed by atoms with Crippen LogP contribution in [0.4, 0.5) is 0 Å². The number of ether oxygens (including phenoxy) is 3. The van der Waals surface area contributed by atoms with E-state index in [1.165, 1.54) is 32.2 Å². The molecule has 0 aromatic heterocycles. The predicted molar refractivity (Wildman–Crippen MR) is 161 cm³/mol. The van der Waals surface area contributed by atoms with E-state index in [0.717, 1.165) is 43.4 Å². The average molecular weight is 553 g/mol. The maximum absolute atomic E-state index is 12.4. The lowest BCUT2D eigenvalue weighted by Gasteiger charge is -2.35. The molecule has 0 spiro atoms. The van der Waals surface area contributed by atoms with Crippen LogP contribution in [0.3, 0.4) is 0 Å². The van der Waals surface area contributed by atoms with Gasteiger partial charge in [-0.05, 0) is 102 Å². The van der Waals surface area contributed by atoms with Gasteiger partial charge in [0.25, 0.3) is 0 Å². The zero-order valence-electron chi connectivity index (χ0n) is 23.0. The van der Waals surface area contributed by atoms with Crippen molar-refractivity contribution in [1.82, 2.24) is 0 Å². The van der Waals surface area contributed by atoms with Gasteiger partial charge in [-0.1, -0.05) is 61.9 Å². The zero-order chi connectivity index (χ0) is 27.4. The zero-order valence-corrected chi connectivity index (χ0v) is 23.9. The average Bonchev–Trinajstić information content (AvgIpc) is 3.35. The molecule has 0 amide bonds. The van der Waals surface area contributed by atoms with E-state index in [1.54, 1.807) is 0 Å². The maximum atomic E-state index is 12.4. The Kier molecular flexibility index (Phi) is 7.83. The number of carbonyl (C=O) groups is 1. The van der Waals surface area contributed by atoms with Crippen molar-refractivity contribution < 1.29 is 19.0 Å². The molecule has 0 unspecified atom stereocenters. The Morgan fingerprint density at radius 2 is 1.30 bits per heavy atom. The van der Waals surface area contributed by atoms with E-state index in [0.29, 0.717) is 12.4 Å². The molecule has 1 fully saturated rings. The second-order valence-electron chi connectivity index (χ2n) is 10.7. The highest BCUT2D eigenvalue weighted by Gasteiger charge is 2.34. The van der Waals surface area contributed by atoms with Crippen molar-refractivity contribution in [1.29, 1.82) is 0 Å². The molecule has 4 aromatic rings. The summed E-state index contributed by atoms with van der Waals surface area (Å²) in [7, 11) is -0.561. The molecule has 1 heterocycles. The van der Waals surface area contributed by atoms with Gasteiger partial charge in [-0.3, -0.25) is 0 Å². The van der Waals surface area contributed by atoms with Gasteiger partial charge in [-0.25, -0.2) is 4.79 Å². The Hall–Kier alpha value is -3.70. The predicted octanol–water partition coefficient (Wildman–Crippen LogP) is 8.76. The first-order chi connectivity index (χ1) is 19.6. The number of hydrogen-bond acceptors (Lipinski definition) is 4. The SMILES string of the molecule is CCC1(OC(=O)COc2ccc(COc3ccc([SH]4c5ccccc5-c5ccccc54)cc3)cc2)CCCCC1. The highest BCUT2D eigenvalue weighted by atomic mass is 32.2. The van der Waals surface area contributed by atoms with Gasteiger partial charge in [0.15, 0.2) is 6.61 Å². The number of rotatable bonds is 9. The van der Waals surface area contributed by atoms with Crippen molar-refractivity contribution in [2.24, 2.45) is 0 Å². The second kappa shape index (κ2) is 11.8. The molecule has 40 heavy (non-hydrogen) atoms. The number of hydrogen-bond donors (Lipinski definition) is 1. The lowest BCUT2D eigenvalue weighted by atomic mass is 9.83. The molecule has 6 rings (SSSR count). The van der Waals surface area contributed by atoms with Gasteiger partial charge in [0.2, 0.25) is 0 Å². The number of benzene rings is 4. The summed E-state index contributed by atoms with van der Waals surface area (Å²) in [4.78, 5) is 16.6. The van der Waals surface area contributed by atoms with Gasteiger partial charge < -0.3 is 14.2 Å². The third-order valence-electron chi connectivity index (χ3n) is 8.10. The monoisotopic (exact) mass is 552 g/mol. The largest absolute Gasteiger partial charge is 0.489 e. The van der Waals surface area contributed by atoms with Crippen molar-refractivity contribution in [2.75, 3.05) is 6.61 Å². The summed E-state index contributed by atoms with van der Waals surface area (Å²) in [5.74, 6) is 1.21. The smallest absolute Gasteiger partial charge is 0.344 e. The van der Waals surface area contributed by atoms with Crippen LogP contribution in [-0.4, -0.2) is 18.2 Å². The van der Waals surface area contributed by atoms with Crippen LogP contribution in [0.25, 0.3) is 11.1 Å². The first-order valence-electron chi connectivity index (χ1n) is 14.3. The minimum atomic E-state index is -0.561. The van der Waals surface area contributed by atoms with Crippen LogP contribution < -0.4 is 9.47 Å². The standard InChI is InChI=1S/C35H36O4S/c1-2-35(22-8-3-9-23-35)39-34(36)25-38-27-16-14-26(15-17-27)24-37-28-18-20-29(21-19-28)40-32-12-6-4-10-30(32)31-11-5-7-13-33(31)40/h4-7,10-21,40H,2-3,8-9,22-25H2,1H3. The fourth-order valence-corrected chi connectivity index (χ4v) is 8.48. The highest BCUT2D eigenvalue weighted by molar-refractivity contribution is 8.17. The summed E-state index contributed by atoms with van der Waals surface area (Å²) < 4.78 is 17.7. The summed E-state index contributed by atoms with van der Waals surface area (Å²) >= 11 is 0. The Morgan fingerprint density at radius 3 is 1.93 bits per heavy atom. The number of esters is 1. The minimum absolute atomic E-state index is 0.0680. The molecule has 206 valence electrons. The lowest BCUT2D eigenvalue weighted by molar-refractivity contribution is -0.166. The van der Waals surface area contributed by atoms with E-state index in [-0.39, 0.29) is 18.2 Å². The molecule has 1 aliphatic carbocycles. The normalized spacial score (nSPS) is 16.1. The molecule has 5 heteroatoms. The number of carbonyl (C=O) groups excluding carboxylic acids is 1. The summed E-state index contributed by atoms with van der Waals surface area (Å²) in [6, 6.07) is 33.7. The van der Waals surface area contributed by atoms with E-state index in [1.807, 2.05) is 24.3 Å². The van der Waals surface area contributed by atoms with Crippen molar-refractivity contribution in [3.63, 3.8) is 0 Å². The third kappa shape index (κ3) is 5.62. The van der Waals surface area contributed by atoms with Crippen molar-refractivity contribution in [3.8, 4) is 22.6 Å². The molecule has 1 aliphatic heterocycles. The minimum Gasteiger partial charge on any atom is -0.489 e. The fraction of sp³-hybridized carbons (Fsp3) is 0.286. The van der Waals surface area contributed by atoms with Gasteiger partial charge >= 0.3 is 5.97 Å². The van der Waals surface area contributed by atoms with E-state index in [9.17, 15) is 4.79 Å². The molecule has 0 atom stereocenters. The van der Waals surface area contributed by atoms with Gasteiger partial charge in [0, 0.05) is 9.79 Å². The third-order valence-corrected chi connectivity index (χ3v) is 10.7. The van der Waals surface area contributed by atoms with Crippen molar-refractivity contribution >= 4 is 16.9 Å². The molecule has 0 bridgehead atoms. The number of fused-ring (bicyclic) bond motifs is 3. The Balaban J connectivity index is 1.03. The Labute approximate surface area is 239 Å². The van der Waals surface area contributed by atoms with Crippen LogP contribution in [0.15, 0.2) is 112 Å². The summed E-state index contributed by atoms with van der Waals surface area (Å²) in [5.41, 5.74) is 3.44. The Bertz CT molecular complexity index is 1410. The maximum Gasteiger partial charge on any atom is 0.344 e. The molecule has 2 aliphatic rings. The topological polar surface area (TPSA) is 44.8 Å². The molecule has 1 saturated carbocycles. The Morgan fingerprint density at radius 1 is 0.725 bits per heavy atom. The number of thiol groups is 1. The molecule has 0 N–H and O–H groups in total. The van der Waals surface area contributed by atoms with Crippen LogP contribution >= 0.6 is 10.9 Å². The van der Waals surface area contributed by atoms with Crippen molar-refractivity contribution in [2.45, 2.75) is 72.3 Å². The van der Waals surface area contributed by atoms with Crippen LogP contribution in [0, 0.1) is 0 Å². The summed E-state index contributed by atoms with van der Waals surface area (Å²) in [6.07, 6.45) is 6.24. The second-order valence-corrected chi connectivity index (χ2v) is 12.8. The van der Waals surface area contributed by atoms with Gasteiger partial charge in [-0.2, -0.15) is 10.9 Å². The van der Waals surface area contributed by atoms with Crippen LogP contribution in [-0.2, 0) is 16.1 Å². The van der Waals surface area contributed by atoms with Crippen LogP contribution in [0.1, 0.15) is 51.0 Å². The van der Waals surface area contributed by atoms with Gasteiger partial charge in [-0.15, -0.1) is 0 Å². The summed E-state index contributed by atoms with van der Waals surface area (Å²) in [5, 5.41) is 0. The first-order valence-corrected chi connectivity index (χ1v) is 15.6.